The van der Waals surface area contributed by atoms with E-state index in [0.717, 1.165) is 28.9 Å². The van der Waals surface area contributed by atoms with Crippen LogP contribution in [0.4, 0.5) is 0 Å². The molecule has 0 aliphatic rings. The Morgan fingerprint density at radius 2 is 2.15 bits per heavy atom. The number of carbonyl (C=O) groups is 1. The Labute approximate surface area is 84.3 Å². The summed E-state index contributed by atoms with van der Waals surface area (Å²) in [6.07, 6.45) is 2.58. The van der Waals surface area contributed by atoms with Crippen LogP contribution in [-0.2, 0) is 0 Å². The van der Waals surface area contributed by atoms with E-state index in [0.29, 0.717) is 6.32 Å². The molecule has 0 heterocycles. The van der Waals surface area contributed by atoms with Gasteiger partial charge in [0.2, 0.25) is 0 Å². The summed E-state index contributed by atoms with van der Waals surface area (Å²) in [5, 5.41) is 0. The molecule has 0 N–H and O–H groups in total. The van der Waals surface area contributed by atoms with Gasteiger partial charge in [0.25, 0.3) is 0 Å². The number of carbonyl (C=O) groups excluding carboxylic acids is 1. The Bertz CT molecular complexity index is 275. The summed E-state index contributed by atoms with van der Waals surface area (Å²) >= 11 is 1.68. The van der Waals surface area contributed by atoms with E-state index in [1.165, 1.54) is 0 Å². The van der Waals surface area contributed by atoms with Crippen molar-refractivity contribution in [1.29, 1.82) is 0 Å². The first kappa shape index (κ1) is 10.4. The second-order valence-electron chi connectivity index (χ2n) is 2.65. The van der Waals surface area contributed by atoms with Crippen LogP contribution in [0.2, 0.25) is 6.32 Å². The minimum atomic E-state index is 0.705. The van der Waals surface area contributed by atoms with Crippen LogP contribution in [0.25, 0.3) is 0 Å². The van der Waals surface area contributed by atoms with Crippen LogP contribution in [0.3, 0.4) is 0 Å². The molecule has 0 unspecified atom stereocenters. The third-order valence-electron chi connectivity index (χ3n) is 1.65. The van der Waals surface area contributed by atoms with E-state index in [1.54, 1.807) is 11.8 Å². The smallest absolute Gasteiger partial charge is 0.151 e. The van der Waals surface area contributed by atoms with Crippen molar-refractivity contribution in [3.8, 4) is 0 Å². The Balaban J connectivity index is 2.59. The van der Waals surface area contributed by atoms with Crippen molar-refractivity contribution in [3.63, 3.8) is 0 Å². The van der Waals surface area contributed by atoms with Crippen molar-refractivity contribution < 1.29 is 4.79 Å². The maximum absolute atomic E-state index is 10.6. The summed E-state index contributed by atoms with van der Waals surface area (Å²) < 4.78 is 0. The van der Waals surface area contributed by atoms with Crippen LogP contribution in [-0.4, -0.2) is 19.9 Å². The number of hydrogen-bond donors (Lipinski definition) is 0. The van der Waals surface area contributed by atoms with Crippen LogP contribution in [0.15, 0.2) is 29.2 Å². The molecule has 66 valence electrons. The van der Waals surface area contributed by atoms with Crippen LogP contribution < -0.4 is 0 Å². The molecule has 0 bridgehead atoms. The maximum Gasteiger partial charge on any atom is 0.151 e. The van der Waals surface area contributed by atoms with Crippen molar-refractivity contribution in [3.05, 3.63) is 29.8 Å². The highest BCUT2D eigenvalue weighted by molar-refractivity contribution is 7.99. The minimum absolute atomic E-state index is 0.705. The van der Waals surface area contributed by atoms with Gasteiger partial charge in [0, 0.05) is 10.5 Å². The average Bonchev–Trinajstić information content (AvgIpc) is 2.19. The third-order valence-corrected chi connectivity index (χ3v) is 2.83. The molecule has 0 amide bonds. The molecular weight excluding hydrogens is 179 g/mol. The minimum Gasteiger partial charge on any atom is -0.298 e. The molecular formula is C10H11BOS. The van der Waals surface area contributed by atoms with Gasteiger partial charge >= 0.3 is 0 Å². The lowest BCUT2D eigenvalue weighted by Gasteiger charge is -2.02. The number of hydrogen-bond acceptors (Lipinski definition) is 2. The topological polar surface area (TPSA) is 17.1 Å². The first-order valence-corrected chi connectivity index (χ1v) is 5.24. The molecule has 0 saturated heterocycles. The molecule has 0 aliphatic heterocycles. The van der Waals surface area contributed by atoms with Crippen LogP contribution in [0, 0.1) is 0 Å². The Morgan fingerprint density at radius 1 is 1.38 bits per heavy atom. The average molecular weight is 190 g/mol. The first-order chi connectivity index (χ1) is 6.38. The van der Waals surface area contributed by atoms with Gasteiger partial charge < -0.3 is 0 Å². The van der Waals surface area contributed by atoms with Crippen molar-refractivity contribution in [2.75, 3.05) is 5.75 Å². The van der Waals surface area contributed by atoms with Crippen LogP contribution in [0.1, 0.15) is 16.8 Å². The van der Waals surface area contributed by atoms with E-state index in [4.69, 9.17) is 7.85 Å². The lowest BCUT2D eigenvalue weighted by molar-refractivity contribution is 0.112. The van der Waals surface area contributed by atoms with Gasteiger partial charge in [0.05, 0.1) is 7.85 Å². The lowest BCUT2D eigenvalue weighted by atomic mass is 10.0. The summed E-state index contributed by atoms with van der Waals surface area (Å²) in [7, 11) is 5.38. The molecule has 0 fully saturated rings. The molecule has 1 rings (SSSR count). The summed E-state index contributed by atoms with van der Waals surface area (Å²) in [6, 6.07) is 7.61. The molecule has 2 radical (unpaired) electrons. The summed E-state index contributed by atoms with van der Waals surface area (Å²) in [5.41, 5.74) is 0.768. The van der Waals surface area contributed by atoms with Gasteiger partial charge in [-0.05, 0) is 11.8 Å². The Morgan fingerprint density at radius 3 is 2.85 bits per heavy atom. The quantitative estimate of drug-likeness (QED) is 0.307. The fourth-order valence-electron chi connectivity index (χ4n) is 0.975. The van der Waals surface area contributed by atoms with Crippen LogP contribution >= 0.6 is 11.8 Å². The van der Waals surface area contributed by atoms with E-state index < -0.39 is 0 Å². The van der Waals surface area contributed by atoms with Crippen molar-refractivity contribution in [2.45, 2.75) is 17.6 Å². The van der Waals surface area contributed by atoms with E-state index in [1.807, 2.05) is 24.3 Å². The highest BCUT2D eigenvalue weighted by Gasteiger charge is 1.99. The molecule has 13 heavy (non-hydrogen) atoms. The number of rotatable bonds is 5. The molecule has 0 atom stereocenters. The molecule has 1 aromatic carbocycles. The number of thioether (sulfide) groups is 1. The lowest BCUT2D eigenvalue weighted by Crippen LogP contribution is -1.86. The summed E-state index contributed by atoms with van der Waals surface area (Å²) in [5.74, 6) is 0.974. The molecule has 1 nitrogen and oxygen atoms in total. The Hall–Kier alpha value is -0.695. The van der Waals surface area contributed by atoms with Crippen LogP contribution in [0.5, 0.6) is 0 Å². The van der Waals surface area contributed by atoms with E-state index in [2.05, 4.69) is 0 Å². The van der Waals surface area contributed by atoms with Gasteiger partial charge in [-0.25, -0.2) is 0 Å². The monoisotopic (exact) mass is 190 g/mol. The highest BCUT2D eigenvalue weighted by atomic mass is 32.2. The van der Waals surface area contributed by atoms with Gasteiger partial charge in [0.15, 0.2) is 6.29 Å². The molecule has 0 aromatic heterocycles. The first-order valence-electron chi connectivity index (χ1n) is 4.25. The second-order valence-corrected chi connectivity index (χ2v) is 3.78. The normalized spacial score (nSPS) is 9.85. The van der Waals surface area contributed by atoms with Crippen molar-refractivity contribution in [1.82, 2.24) is 0 Å². The summed E-state index contributed by atoms with van der Waals surface area (Å²) in [6.45, 7) is 0. The van der Waals surface area contributed by atoms with Gasteiger partial charge in [-0.2, -0.15) is 0 Å². The summed E-state index contributed by atoms with van der Waals surface area (Å²) in [4.78, 5) is 11.7. The highest BCUT2D eigenvalue weighted by Crippen LogP contribution is 2.22. The zero-order valence-electron chi connectivity index (χ0n) is 7.40. The van der Waals surface area contributed by atoms with E-state index in [-0.39, 0.29) is 0 Å². The molecule has 3 heteroatoms. The maximum atomic E-state index is 10.6. The Kier molecular flexibility index (Phi) is 4.69. The van der Waals surface area contributed by atoms with Gasteiger partial charge in [-0.1, -0.05) is 30.9 Å². The van der Waals surface area contributed by atoms with Gasteiger partial charge in [-0.3, -0.25) is 4.79 Å². The van der Waals surface area contributed by atoms with Crippen molar-refractivity contribution in [2.24, 2.45) is 0 Å². The van der Waals surface area contributed by atoms with Crippen molar-refractivity contribution >= 4 is 25.9 Å². The standard InChI is InChI=1S/C10H11BOS/c11-6-3-7-13-10-5-2-1-4-9(10)8-12/h1-2,4-5,8H,3,6-7H2. The predicted molar refractivity (Wildman–Crippen MR) is 57.7 cm³/mol. The molecule has 0 saturated carbocycles. The van der Waals surface area contributed by atoms with Gasteiger partial charge in [0.1, 0.15) is 0 Å². The zero-order valence-corrected chi connectivity index (χ0v) is 8.22. The SMILES string of the molecule is [B]CCCSc1ccccc1C=O. The van der Waals surface area contributed by atoms with E-state index >= 15 is 0 Å². The molecule has 0 aliphatic carbocycles. The zero-order chi connectivity index (χ0) is 9.52. The molecule has 0 spiro atoms. The van der Waals surface area contributed by atoms with Gasteiger partial charge in [-0.15, -0.1) is 11.8 Å². The fraction of sp³-hybridized carbons (Fsp3) is 0.300. The predicted octanol–water partition coefficient (Wildman–Crippen LogP) is 2.57. The second kappa shape index (κ2) is 5.87. The third kappa shape index (κ3) is 3.27. The largest absolute Gasteiger partial charge is 0.298 e. The number of benzene rings is 1. The fourth-order valence-corrected chi connectivity index (χ4v) is 1.96. The number of aldehydes is 1. The molecule has 1 aromatic rings. The van der Waals surface area contributed by atoms with E-state index in [9.17, 15) is 4.79 Å².